The number of halogens is 1. The van der Waals surface area contributed by atoms with E-state index in [4.69, 9.17) is 0 Å². The Kier molecular flexibility index (Phi) is 5.32. The molecule has 0 bridgehead atoms. The van der Waals surface area contributed by atoms with Crippen LogP contribution in [0.4, 0.5) is 0 Å². The zero-order valence-corrected chi connectivity index (χ0v) is 13.6. The summed E-state index contributed by atoms with van der Waals surface area (Å²) in [5.74, 6) is 1.96. The zero-order valence-electron chi connectivity index (χ0n) is 11.2. The molecule has 1 aromatic heterocycles. The average Bonchev–Trinajstić information content (AvgIpc) is 3.08. The van der Waals surface area contributed by atoms with E-state index in [1.807, 2.05) is 11.9 Å². The van der Waals surface area contributed by atoms with Crippen LogP contribution in [-0.4, -0.2) is 35.5 Å². The highest BCUT2D eigenvalue weighted by molar-refractivity contribution is 7.99. The number of benzene rings is 1. The molecule has 1 saturated heterocycles. The van der Waals surface area contributed by atoms with Gasteiger partial charge in [0, 0.05) is 29.9 Å². The van der Waals surface area contributed by atoms with Crippen LogP contribution in [0.1, 0.15) is 5.56 Å². The third-order valence-corrected chi connectivity index (χ3v) is 5.31. The molecule has 6 heteroatoms. The van der Waals surface area contributed by atoms with Crippen LogP contribution in [0.2, 0.25) is 0 Å². The summed E-state index contributed by atoms with van der Waals surface area (Å²) in [5.41, 5.74) is 1.24. The van der Waals surface area contributed by atoms with E-state index in [1.165, 1.54) is 15.6 Å². The van der Waals surface area contributed by atoms with Gasteiger partial charge in [-0.2, -0.15) is 0 Å². The molecule has 1 N–H and O–H groups in total. The molecule has 0 aliphatic carbocycles. The number of amides is 1. The molecule has 0 radical (unpaired) electrons. The number of carbonyl (C=O) groups excluding carboxylic acids is 1. The van der Waals surface area contributed by atoms with E-state index in [9.17, 15) is 4.79 Å². The van der Waals surface area contributed by atoms with Crippen molar-refractivity contribution < 1.29 is 4.79 Å². The van der Waals surface area contributed by atoms with Gasteiger partial charge in [0.05, 0.1) is 6.04 Å². The second-order valence-corrected chi connectivity index (χ2v) is 6.66. The molecule has 0 saturated carbocycles. The Balaban J connectivity index is 0.00000147. The molecule has 1 aromatic carbocycles. The standard InChI is InChI=1S/C14H16N2OS2.ClH/c1-16(14(17)12-8-18-9-15-12)6-10-7-19-13-5-3-2-4-11(10)13;/h2-5,7,12,15H,6,8-9H2,1H3;1H. The van der Waals surface area contributed by atoms with Crippen LogP contribution in [0.5, 0.6) is 0 Å². The Morgan fingerprint density at radius 1 is 1.45 bits per heavy atom. The second-order valence-electron chi connectivity index (χ2n) is 4.72. The van der Waals surface area contributed by atoms with Crippen molar-refractivity contribution in [2.75, 3.05) is 18.7 Å². The van der Waals surface area contributed by atoms with Crippen LogP contribution in [0.15, 0.2) is 29.6 Å². The van der Waals surface area contributed by atoms with Gasteiger partial charge in [-0.1, -0.05) is 18.2 Å². The summed E-state index contributed by atoms with van der Waals surface area (Å²) in [4.78, 5) is 14.1. The fourth-order valence-electron chi connectivity index (χ4n) is 2.31. The first-order valence-corrected chi connectivity index (χ1v) is 8.30. The topological polar surface area (TPSA) is 32.3 Å². The predicted octanol–water partition coefficient (Wildman–Crippen LogP) is 2.94. The largest absolute Gasteiger partial charge is 0.340 e. The molecule has 1 fully saturated rings. The molecular formula is C14H17ClN2OS2. The number of hydrogen-bond donors (Lipinski definition) is 1. The third-order valence-electron chi connectivity index (χ3n) is 3.36. The van der Waals surface area contributed by atoms with Crippen molar-refractivity contribution in [2.24, 2.45) is 0 Å². The number of thioether (sulfide) groups is 1. The maximum absolute atomic E-state index is 12.3. The number of nitrogens with zero attached hydrogens (tertiary/aromatic N) is 1. The quantitative estimate of drug-likeness (QED) is 0.940. The number of nitrogens with one attached hydrogen (secondary N) is 1. The minimum Gasteiger partial charge on any atom is -0.340 e. The maximum atomic E-state index is 12.3. The first-order chi connectivity index (χ1) is 9.25. The summed E-state index contributed by atoms with van der Waals surface area (Å²) < 4.78 is 1.29. The first kappa shape index (κ1) is 15.6. The van der Waals surface area contributed by atoms with Crippen molar-refractivity contribution in [1.82, 2.24) is 10.2 Å². The van der Waals surface area contributed by atoms with Crippen molar-refractivity contribution in [1.29, 1.82) is 0 Å². The molecule has 1 amide bonds. The summed E-state index contributed by atoms with van der Waals surface area (Å²) in [6.07, 6.45) is 0. The molecule has 2 aromatic rings. The number of rotatable bonds is 3. The fraction of sp³-hybridized carbons (Fsp3) is 0.357. The Morgan fingerprint density at radius 3 is 3.00 bits per heavy atom. The lowest BCUT2D eigenvalue weighted by Crippen LogP contribution is -2.42. The van der Waals surface area contributed by atoms with E-state index in [2.05, 4.69) is 35.0 Å². The number of likely N-dealkylation sites (N-methyl/N-ethyl adjacent to an activating group) is 1. The lowest BCUT2D eigenvalue weighted by molar-refractivity contribution is -0.131. The third kappa shape index (κ3) is 3.11. The average molecular weight is 329 g/mol. The Bertz CT molecular complexity index is 596. The fourth-order valence-corrected chi connectivity index (χ4v) is 4.20. The lowest BCUT2D eigenvalue weighted by atomic mass is 10.1. The Labute approximate surface area is 133 Å². The molecule has 20 heavy (non-hydrogen) atoms. The highest BCUT2D eigenvalue weighted by atomic mass is 35.5. The van der Waals surface area contributed by atoms with Gasteiger partial charge in [-0.05, 0) is 22.4 Å². The van der Waals surface area contributed by atoms with Crippen LogP contribution < -0.4 is 5.32 Å². The van der Waals surface area contributed by atoms with Crippen LogP contribution in [-0.2, 0) is 11.3 Å². The van der Waals surface area contributed by atoms with Gasteiger partial charge in [-0.15, -0.1) is 35.5 Å². The Hall–Kier alpha value is -0.750. The number of fused-ring (bicyclic) bond motifs is 1. The highest BCUT2D eigenvalue weighted by Crippen LogP contribution is 2.26. The van der Waals surface area contributed by atoms with Crippen molar-refractivity contribution >= 4 is 51.5 Å². The van der Waals surface area contributed by atoms with E-state index < -0.39 is 0 Å². The smallest absolute Gasteiger partial charge is 0.240 e. The van der Waals surface area contributed by atoms with E-state index in [0.717, 1.165) is 11.6 Å². The van der Waals surface area contributed by atoms with Crippen molar-refractivity contribution in [3.63, 3.8) is 0 Å². The van der Waals surface area contributed by atoms with Crippen molar-refractivity contribution in [2.45, 2.75) is 12.6 Å². The van der Waals surface area contributed by atoms with Gasteiger partial charge >= 0.3 is 0 Å². The van der Waals surface area contributed by atoms with Gasteiger partial charge in [0.1, 0.15) is 0 Å². The maximum Gasteiger partial charge on any atom is 0.240 e. The number of carbonyl (C=O) groups is 1. The molecule has 3 nitrogen and oxygen atoms in total. The summed E-state index contributed by atoms with van der Waals surface area (Å²) in [7, 11) is 1.89. The summed E-state index contributed by atoms with van der Waals surface area (Å²) in [6, 6.07) is 8.34. The molecule has 1 aliphatic heterocycles. The molecular weight excluding hydrogens is 312 g/mol. The second kappa shape index (κ2) is 6.80. The van der Waals surface area contributed by atoms with Gasteiger partial charge in [0.15, 0.2) is 0 Å². The summed E-state index contributed by atoms with van der Waals surface area (Å²) in [5, 5.41) is 6.65. The van der Waals surface area contributed by atoms with Gasteiger partial charge in [0.25, 0.3) is 0 Å². The molecule has 1 atom stereocenters. The SMILES string of the molecule is CN(Cc1csc2ccccc12)C(=O)C1CSCN1.Cl. The molecule has 3 rings (SSSR count). The molecule has 0 spiro atoms. The van der Waals surface area contributed by atoms with E-state index in [-0.39, 0.29) is 24.4 Å². The van der Waals surface area contributed by atoms with Gasteiger partial charge in [0.2, 0.25) is 5.91 Å². The summed E-state index contributed by atoms with van der Waals surface area (Å²) >= 11 is 3.52. The highest BCUT2D eigenvalue weighted by Gasteiger charge is 2.25. The van der Waals surface area contributed by atoms with Crippen molar-refractivity contribution in [3.05, 3.63) is 35.2 Å². The number of hydrogen-bond acceptors (Lipinski definition) is 4. The van der Waals surface area contributed by atoms with Crippen LogP contribution in [0.3, 0.4) is 0 Å². The van der Waals surface area contributed by atoms with E-state index in [1.54, 1.807) is 23.1 Å². The van der Waals surface area contributed by atoms with Crippen LogP contribution >= 0.6 is 35.5 Å². The minimum atomic E-state index is -0.0140. The normalized spacial score (nSPS) is 17.9. The van der Waals surface area contributed by atoms with Crippen molar-refractivity contribution in [3.8, 4) is 0 Å². The van der Waals surface area contributed by atoms with Gasteiger partial charge < -0.3 is 4.90 Å². The first-order valence-electron chi connectivity index (χ1n) is 6.27. The van der Waals surface area contributed by atoms with Gasteiger partial charge in [-0.3, -0.25) is 10.1 Å². The lowest BCUT2D eigenvalue weighted by Gasteiger charge is -2.20. The van der Waals surface area contributed by atoms with Crippen LogP contribution in [0.25, 0.3) is 10.1 Å². The van der Waals surface area contributed by atoms with Gasteiger partial charge in [-0.25, -0.2) is 0 Å². The molecule has 1 unspecified atom stereocenters. The molecule has 2 heterocycles. The zero-order chi connectivity index (χ0) is 13.2. The van der Waals surface area contributed by atoms with E-state index >= 15 is 0 Å². The predicted molar refractivity (Wildman–Crippen MR) is 89.8 cm³/mol. The molecule has 1 aliphatic rings. The molecule has 108 valence electrons. The Morgan fingerprint density at radius 2 is 2.25 bits per heavy atom. The monoisotopic (exact) mass is 328 g/mol. The minimum absolute atomic E-state index is 0. The van der Waals surface area contributed by atoms with Crippen LogP contribution in [0, 0.1) is 0 Å². The summed E-state index contributed by atoms with van der Waals surface area (Å²) in [6.45, 7) is 0.686. The van der Waals surface area contributed by atoms with E-state index in [0.29, 0.717) is 6.54 Å². The number of thiophene rings is 1.